The van der Waals surface area contributed by atoms with Gasteiger partial charge in [-0.2, -0.15) is 0 Å². The van der Waals surface area contributed by atoms with Gasteiger partial charge in [0.05, 0.1) is 13.2 Å². The first-order valence-electron chi connectivity index (χ1n) is 7.25. The van der Waals surface area contributed by atoms with Crippen LogP contribution in [0.5, 0.6) is 0 Å². The largest absolute Gasteiger partial charge is 0.465 e. The quantitative estimate of drug-likeness (QED) is 0.556. The second-order valence-corrected chi connectivity index (χ2v) is 5.35. The molecule has 4 nitrogen and oxygen atoms in total. The van der Waals surface area contributed by atoms with Crippen LogP contribution in [0, 0.1) is 5.41 Å². The van der Waals surface area contributed by atoms with E-state index in [1.165, 1.54) is 0 Å². The molecule has 1 rings (SSSR count). The number of esters is 2. The van der Waals surface area contributed by atoms with Gasteiger partial charge < -0.3 is 9.47 Å². The number of allylic oxidation sites excluding steroid dienone is 5. The highest BCUT2D eigenvalue weighted by atomic mass is 16.6. The Morgan fingerprint density at radius 1 is 1.10 bits per heavy atom. The third-order valence-electron chi connectivity index (χ3n) is 3.44. The lowest BCUT2D eigenvalue weighted by molar-refractivity contribution is -0.171. The summed E-state index contributed by atoms with van der Waals surface area (Å²) >= 11 is 0. The summed E-state index contributed by atoms with van der Waals surface area (Å²) in [5.74, 6) is -1.03. The van der Waals surface area contributed by atoms with Crippen LogP contribution in [0.4, 0.5) is 0 Å². The molecule has 1 aliphatic rings. The zero-order chi connectivity index (χ0) is 16.0. The molecule has 116 valence electrons. The van der Waals surface area contributed by atoms with E-state index < -0.39 is 17.4 Å². The molecule has 0 spiro atoms. The molecule has 21 heavy (non-hydrogen) atoms. The van der Waals surface area contributed by atoms with E-state index >= 15 is 0 Å². The number of hydrogen-bond donors (Lipinski definition) is 0. The smallest absolute Gasteiger partial charge is 0.324 e. The third-order valence-corrected chi connectivity index (χ3v) is 3.44. The van der Waals surface area contributed by atoms with Crippen LogP contribution in [-0.4, -0.2) is 25.2 Å². The van der Waals surface area contributed by atoms with Crippen molar-refractivity contribution >= 4 is 11.9 Å². The van der Waals surface area contributed by atoms with E-state index in [4.69, 9.17) is 9.47 Å². The molecule has 0 bridgehead atoms. The molecule has 0 aromatic rings. The molecule has 4 heteroatoms. The fourth-order valence-corrected chi connectivity index (χ4v) is 2.55. The summed E-state index contributed by atoms with van der Waals surface area (Å²) in [5.41, 5.74) is 1.69. The maximum Gasteiger partial charge on any atom is 0.324 e. The summed E-state index contributed by atoms with van der Waals surface area (Å²) in [6, 6.07) is 0. The standard InChI is InChI=1S/C17H24O4/c1-6-13-10-17(15(18)20-7-2,16(19)21-8-3)11-14(13)9-12(4)5/h6,9H,1,7-8,10-11H2,2-5H3. The molecule has 0 radical (unpaired) electrons. The number of carbonyl (C=O) groups excluding carboxylic acids is 2. The first kappa shape index (κ1) is 17.2. The predicted molar refractivity (Wildman–Crippen MR) is 81.6 cm³/mol. The summed E-state index contributed by atoms with van der Waals surface area (Å²) in [5, 5.41) is 0. The number of hydrogen-bond acceptors (Lipinski definition) is 4. The molecule has 0 heterocycles. The highest BCUT2D eigenvalue weighted by molar-refractivity contribution is 6.01. The van der Waals surface area contributed by atoms with Gasteiger partial charge in [0.2, 0.25) is 0 Å². The Hall–Kier alpha value is -1.84. The molecule has 0 saturated heterocycles. The van der Waals surface area contributed by atoms with Gasteiger partial charge in [0.1, 0.15) is 0 Å². The van der Waals surface area contributed by atoms with Gasteiger partial charge in [-0.15, -0.1) is 0 Å². The van der Waals surface area contributed by atoms with Crippen molar-refractivity contribution in [3.63, 3.8) is 0 Å². The molecular formula is C17H24O4. The third kappa shape index (κ3) is 3.63. The summed E-state index contributed by atoms with van der Waals surface area (Å²) in [6.07, 6.45) is 4.27. The van der Waals surface area contributed by atoms with Gasteiger partial charge in [0, 0.05) is 0 Å². The molecule has 0 aromatic carbocycles. The van der Waals surface area contributed by atoms with Crippen LogP contribution in [0.1, 0.15) is 40.5 Å². The number of ether oxygens (including phenoxy) is 2. The zero-order valence-corrected chi connectivity index (χ0v) is 13.3. The van der Waals surface area contributed by atoms with Gasteiger partial charge in [0.25, 0.3) is 0 Å². The summed E-state index contributed by atoms with van der Waals surface area (Å²) in [6.45, 7) is 11.7. The highest BCUT2D eigenvalue weighted by Gasteiger charge is 2.52. The molecule has 0 unspecified atom stereocenters. The highest BCUT2D eigenvalue weighted by Crippen LogP contribution is 2.45. The van der Waals surface area contributed by atoms with Crippen LogP contribution in [0.3, 0.4) is 0 Å². The Labute approximate surface area is 126 Å². The Balaban J connectivity index is 3.20. The zero-order valence-electron chi connectivity index (χ0n) is 13.3. The van der Waals surface area contributed by atoms with Crippen LogP contribution in [0.15, 0.2) is 35.5 Å². The van der Waals surface area contributed by atoms with Crippen molar-refractivity contribution in [3.8, 4) is 0 Å². The van der Waals surface area contributed by atoms with Crippen molar-refractivity contribution in [2.75, 3.05) is 13.2 Å². The van der Waals surface area contributed by atoms with E-state index in [0.29, 0.717) is 6.42 Å². The Kier molecular flexibility index (Phi) is 5.94. The first-order valence-corrected chi connectivity index (χ1v) is 7.25. The summed E-state index contributed by atoms with van der Waals surface area (Å²) < 4.78 is 10.2. The normalized spacial score (nSPS) is 16.4. The van der Waals surface area contributed by atoms with Crippen molar-refractivity contribution in [1.82, 2.24) is 0 Å². The average molecular weight is 292 g/mol. The van der Waals surface area contributed by atoms with Gasteiger partial charge in [-0.25, -0.2) is 0 Å². The van der Waals surface area contributed by atoms with Crippen LogP contribution in [-0.2, 0) is 19.1 Å². The second kappa shape index (κ2) is 7.25. The fraction of sp³-hybridized carbons (Fsp3) is 0.529. The van der Waals surface area contributed by atoms with E-state index in [1.54, 1.807) is 19.9 Å². The molecule has 0 saturated carbocycles. The minimum absolute atomic E-state index is 0.237. The molecule has 0 aliphatic heterocycles. The number of rotatable bonds is 6. The van der Waals surface area contributed by atoms with E-state index in [1.807, 2.05) is 19.9 Å². The Morgan fingerprint density at radius 2 is 1.57 bits per heavy atom. The van der Waals surface area contributed by atoms with Crippen molar-refractivity contribution in [3.05, 3.63) is 35.5 Å². The summed E-state index contributed by atoms with van der Waals surface area (Å²) in [4.78, 5) is 24.7. The topological polar surface area (TPSA) is 52.6 Å². The Morgan fingerprint density at radius 3 is 1.95 bits per heavy atom. The van der Waals surface area contributed by atoms with E-state index in [0.717, 1.165) is 16.7 Å². The minimum atomic E-state index is -1.27. The molecule has 0 N–H and O–H groups in total. The van der Waals surface area contributed by atoms with Gasteiger partial charge >= 0.3 is 11.9 Å². The van der Waals surface area contributed by atoms with Crippen molar-refractivity contribution in [2.24, 2.45) is 5.41 Å². The molecular weight excluding hydrogens is 268 g/mol. The van der Waals surface area contributed by atoms with Crippen LogP contribution < -0.4 is 0 Å². The van der Waals surface area contributed by atoms with Crippen LogP contribution in [0.2, 0.25) is 0 Å². The van der Waals surface area contributed by atoms with Gasteiger partial charge in [-0.05, 0) is 51.7 Å². The lowest BCUT2D eigenvalue weighted by Crippen LogP contribution is -2.40. The fourth-order valence-electron chi connectivity index (χ4n) is 2.55. The van der Waals surface area contributed by atoms with Gasteiger partial charge in [-0.1, -0.05) is 24.3 Å². The van der Waals surface area contributed by atoms with E-state index in [9.17, 15) is 9.59 Å². The van der Waals surface area contributed by atoms with Crippen molar-refractivity contribution in [1.29, 1.82) is 0 Å². The maximum atomic E-state index is 12.4. The van der Waals surface area contributed by atoms with Gasteiger partial charge in [0.15, 0.2) is 5.41 Å². The van der Waals surface area contributed by atoms with Crippen molar-refractivity contribution in [2.45, 2.75) is 40.5 Å². The SMILES string of the molecule is C=CC1=C(C=C(C)C)CC(C(=O)OCC)(C(=O)OCC)C1. The van der Waals surface area contributed by atoms with E-state index in [2.05, 4.69) is 6.58 Å². The Bertz CT molecular complexity index is 475. The first-order chi connectivity index (χ1) is 9.91. The predicted octanol–water partition coefficient (Wildman–Crippen LogP) is 3.34. The summed E-state index contributed by atoms with van der Waals surface area (Å²) in [7, 11) is 0. The lowest BCUT2D eigenvalue weighted by Gasteiger charge is -2.24. The molecule has 0 fully saturated rings. The van der Waals surface area contributed by atoms with Crippen LogP contribution >= 0.6 is 0 Å². The molecule has 0 amide bonds. The molecule has 1 aliphatic carbocycles. The van der Waals surface area contributed by atoms with Crippen LogP contribution in [0.25, 0.3) is 0 Å². The molecule has 0 aromatic heterocycles. The van der Waals surface area contributed by atoms with E-state index in [-0.39, 0.29) is 19.6 Å². The monoisotopic (exact) mass is 292 g/mol. The molecule has 0 atom stereocenters. The maximum absolute atomic E-state index is 12.4. The van der Waals surface area contributed by atoms with Gasteiger partial charge in [-0.3, -0.25) is 9.59 Å². The average Bonchev–Trinajstić information content (AvgIpc) is 2.78. The lowest BCUT2D eigenvalue weighted by atomic mass is 9.83. The second-order valence-electron chi connectivity index (χ2n) is 5.35. The minimum Gasteiger partial charge on any atom is -0.465 e. The number of carbonyl (C=O) groups is 2. The van der Waals surface area contributed by atoms with Crippen molar-refractivity contribution < 1.29 is 19.1 Å².